The summed E-state index contributed by atoms with van der Waals surface area (Å²) in [7, 11) is 5.68. The van der Waals surface area contributed by atoms with E-state index in [1.165, 1.54) is 4.81 Å². The van der Waals surface area contributed by atoms with E-state index < -0.39 is 0 Å². The Hall–Kier alpha value is 0.299. The zero-order valence-corrected chi connectivity index (χ0v) is 13.2. The number of ether oxygens (including phenoxy) is 1. The maximum atomic E-state index is 11.3. The summed E-state index contributed by atoms with van der Waals surface area (Å²) in [6.45, 7) is 1.09. The van der Waals surface area contributed by atoms with Gasteiger partial charge in [-0.1, -0.05) is 0 Å². The molecule has 87 valence electrons. The molecule has 1 unspecified atom stereocenters. The summed E-state index contributed by atoms with van der Waals surface area (Å²) in [5.41, 5.74) is 0. The van der Waals surface area contributed by atoms with Gasteiger partial charge in [-0.05, 0) is 12.8 Å². The molecule has 3 nitrogen and oxygen atoms in total. The number of hydrogen-bond acceptors (Lipinski definition) is 3. The zero-order chi connectivity index (χ0) is 11.4. The molecular formula is C11H13BNO2SY-. The van der Waals surface area contributed by atoms with Gasteiger partial charge >= 0.3 is 0 Å². The van der Waals surface area contributed by atoms with Crippen molar-refractivity contribution in [2.45, 2.75) is 31.9 Å². The molecule has 1 amide bonds. The molecule has 0 saturated carbocycles. The molecule has 0 bridgehead atoms. The molecule has 1 aromatic rings. The topological polar surface area (TPSA) is 29.5 Å². The van der Waals surface area contributed by atoms with Crippen LogP contribution in [0, 0.1) is 5.38 Å². The van der Waals surface area contributed by atoms with Crippen LogP contribution >= 0.6 is 11.3 Å². The largest absolute Gasteiger partial charge is 0.392 e. The van der Waals surface area contributed by atoms with Crippen LogP contribution in [0.2, 0.25) is 0 Å². The molecule has 17 heavy (non-hydrogen) atoms. The molecule has 0 aliphatic carbocycles. The summed E-state index contributed by atoms with van der Waals surface area (Å²) < 4.78 is 5.55. The first-order valence-corrected chi connectivity index (χ1v) is 6.18. The van der Waals surface area contributed by atoms with Crippen molar-refractivity contribution in [3.63, 3.8) is 0 Å². The van der Waals surface area contributed by atoms with Crippen molar-refractivity contribution in [1.82, 2.24) is 4.81 Å². The second kappa shape index (κ2) is 7.67. The van der Waals surface area contributed by atoms with Crippen LogP contribution in [0.3, 0.4) is 0 Å². The van der Waals surface area contributed by atoms with E-state index in [1.54, 1.807) is 11.3 Å². The Kier molecular flexibility index (Phi) is 6.93. The number of hydrogen-bond donors (Lipinski definition) is 0. The summed E-state index contributed by atoms with van der Waals surface area (Å²) in [4.78, 5) is 13.8. The van der Waals surface area contributed by atoms with Gasteiger partial charge in [0.25, 0.3) is 0 Å². The molecule has 3 radical (unpaired) electrons. The molecule has 0 aromatic carbocycles. The molecule has 1 aromatic heterocycles. The van der Waals surface area contributed by atoms with Crippen molar-refractivity contribution >= 4 is 25.2 Å². The zero-order valence-electron chi connectivity index (χ0n) is 9.59. The first-order valence-electron chi connectivity index (χ1n) is 5.36. The van der Waals surface area contributed by atoms with Crippen molar-refractivity contribution in [3.05, 3.63) is 22.4 Å². The van der Waals surface area contributed by atoms with Crippen molar-refractivity contribution in [2.24, 2.45) is 0 Å². The Bertz CT molecular complexity index is 347. The van der Waals surface area contributed by atoms with Crippen LogP contribution in [-0.2, 0) is 48.8 Å². The number of carbonyl (C=O) groups is 1. The Morgan fingerprint density at radius 3 is 3.18 bits per heavy atom. The van der Waals surface area contributed by atoms with E-state index in [0.717, 1.165) is 17.7 Å². The van der Waals surface area contributed by atoms with Crippen molar-refractivity contribution in [1.29, 1.82) is 0 Å². The fraction of sp³-hybridized carbons (Fsp3) is 0.545. The van der Waals surface area contributed by atoms with E-state index in [4.69, 9.17) is 12.7 Å². The van der Waals surface area contributed by atoms with Gasteiger partial charge in [-0.25, -0.2) is 0 Å². The number of nitrogens with zero attached hydrogens (tertiary/aromatic N) is 1. The molecule has 2 rings (SSSR count). The van der Waals surface area contributed by atoms with Crippen LogP contribution in [0.1, 0.15) is 24.1 Å². The molecule has 1 saturated heterocycles. The third-order valence-electron chi connectivity index (χ3n) is 2.69. The summed E-state index contributed by atoms with van der Waals surface area (Å²) in [6.07, 6.45) is 2.40. The fourth-order valence-electron chi connectivity index (χ4n) is 1.77. The average molecular weight is 323 g/mol. The maximum absolute atomic E-state index is 11.3. The number of thiophene rings is 1. The van der Waals surface area contributed by atoms with Gasteiger partial charge in [-0.3, -0.25) is 16.1 Å². The summed E-state index contributed by atoms with van der Waals surface area (Å²) in [6, 6.07) is 3.89. The van der Waals surface area contributed by atoms with E-state index in [9.17, 15) is 4.79 Å². The van der Waals surface area contributed by atoms with Gasteiger partial charge in [-0.2, -0.15) is 12.1 Å². The van der Waals surface area contributed by atoms with Gasteiger partial charge in [0.05, 0.1) is 6.61 Å². The van der Waals surface area contributed by atoms with E-state index in [2.05, 4.69) is 5.38 Å². The van der Waals surface area contributed by atoms with Gasteiger partial charge in [0.15, 0.2) is 0 Å². The van der Waals surface area contributed by atoms with Crippen LogP contribution < -0.4 is 0 Å². The second-order valence-electron chi connectivity index (χ2n) is 3.88. The first kappa shape index (κ1) is 15.4. The minimum atomic E-state index is 0. The minimum Gasteiger partial charge on any atom is -0.392 e. The monoisotopic (exact) mass is 323 g/mol. The van der Waals surface area contributed by atoms with Crippen molar-refractivity contribution in [2.75, 3.05) is 6.61 Å². The summed E-state index contributed by atoms with van der Waals surface area (Å²) in [5, 5.41) is 3.01. The Morgan fingerprint density at radius 2 is 2.47 bits per heavy atom. The molecule has 2 heterocycles. The van der Waals surface area contributed by atoms with Crippen LogP contribution in [-0.4, -0.2) is 31.3 Å². The predicted octanol–water partition coefficient (Wildman–Crippen LogP) is 1.53. The van der Waals surface area contributed by atoms with E-state index in [-0.39, 0.29) is 44.7 Å². The van der Waals surface area contributed by atoms with Crippen molar-refractivity contribution in [3.8, 4) is 0 Å². The molecule has 0 N–H and O–H groups in total. The van der Waals surface area contributed by atoms with E-state index in [1.807, 2.05) is 12.1 Å². The summed E-state index contributed by atoms with van der Waals surface area (Å²) in [5.74, 6) is 0.0179. The van der Waals surface area contributed by atoms with Gasteiger partial charge in [0.1, 0.15) is 0 Å². The van der Waals surface area contributed by atoms with Gasteiger partial charge in [0.2, 0.25) is 13.9 Å². The van der Waals surface area contributed by atoms with Crippen molar-refractivity contribution < 1.29 is 42.2 Å². The Labute approximate surface area is 132 Å². The molecule has 6 heteroatoms. The van der Waals surface area contributed by atoms with Crippen LogP contribution in [0.15, 0.2) is 12.1 Å². The smallest absolute Gasteiger partial charge is 0.230 e. The number of carbonyl (C=O) groups excluding carboxylic acids is 1. The quantitative estimate of drug-likeness (QED) is 0.621. The summed E-state index contributed by atoms with van der Waals surface area (Å²) >= 11 is 1.55. The second-order valence-corrected chi connectivity index (χ2v) is 4.85. The van der Waals surface area contributed by atoms with Crippen LogP contribution in [0.25, 0.3) is 0 Å². The van der Waals surface area contributed by atoms with E-state index in [0.29, 0.717) is 19.6 Å². The molecule has 1 atom stereocenters. The van der Waals surface area contributed by atoms with E-state index >= 15 is 0 Å². The van der Waals surface area contributed by atoms with Gasteiger partial charge in [-0.15, -0.1) is 10.3 Å². The maximum Gasteiger partial charge on any atom is 0.230 e. The normalized spacial score (nSPS) is 20.1. The number of rotatable bonds is 4. The molecular weight excluding hydrogens is 310 g/mol. The Balaban J connectivity index is 0.00000144. The van der Waals surface area contributed by atoms with Crippen LogP contribution in [0.4, 0.5) is 0 Å². The predicted molar refractivity (Wildman–Crippen MR) is 63.1 cm³/mol. The fourth-order valence-corrected chi connectivity index (χ4v) is 2.33. The Morgan fingerprint density at radius 1 is 1.65 bits per heavy atom. The van der Waals surface area contributed by atoms with Gasteiger partial charge < -0.3 is 9.55 Å². The standard InChI is InChI=1S/C11H13BNO2S.Y/c12-13-9(3-1-5-11(13)14)7-15-8-10-4-2-6-16-10;/h2,4,9H,1,3,5,7-8H2;/q-1;. The number of piperidine rings is 1. The first-order chi connectivity index (χ1) is 7.77. The SMILES string of the molecule is [B]N1C(=O)CCCC1COCc1cc[c-]s1.[Y]. The minimum absolute atomic E-state index is 0. The molecule has 1 aliphatic rings. The average Bonchev–Trinajstić information content (AvgIpc) is 2.77. The third-order valence-corrected chi connectivity index (χ3v) is 3.46. The third kappa shape index (κ3) is 4.47. The molecule has 1 fully saturated rings. The molecule has 0 spiro atoms. The number of amides is 1. The molecule has 1 aliphatic heterocycles. The van der Waals surface area contributed by atoms with Gasteiger partial charge in [0, 0.05) is 51.8 Å². The van der Waals surface area contributed by atoms with Crippen LogP contribution in [0.5, 0.6) is 0 Å².